The molecule has 1 aliphatic rings. The van der Waals surface area contributed by atoms with Gasteiger partial charge in [0, 0.05) is 11.1 Å². The third-order valence-corrected chi connectivity index (χ3v) is 5.32. The molecular weight excluding hydrogens is 300 g/mol. The van der Waals surface area contributed by atoms with Gasteiger partial charge in [-0.2, -0.15) is 0 Å². The minimum absolute atomic E-state index is 0.135. The molecule has 1 aromatic rings. The lowest BCUT2D eigenvalue weighted by molar-refractivity contribution is -0.123. The number of hydrogen-bond acceptors (Lipinski definition) is 3. The minimum atomic E-state index is -3.66. The van der Waals surface area contributed by atoms with Crippen LogP contribution in [0.5, 0.6) is 0 Å². The van der Waals surface area contributed by atoms with Crippen LogP contribution >= 0.6 is 11.6 Å². The van der Waals surface area contributed by atoms with E-state index >= 15 is 0 Å². The molecule has 0 spiro atoms. The van der Waals surface area contributed by atoms with E-state index in [0.717, 1.165) is 12.8 Å². The Morgan fingerprint density at radius 1 is 1.20 bits per heavy atom. The predicted molar refractivity (Wildman–Crippen MR) is 76.7 cm³/mol. The van der Waals surface area contributed by atoms with Crippen LogP contribution < -0.4 is 10.5 Å². The van der Waals surface area contributed by atoms with E-state index in [1.807, 2.05) is 0 Å². The summed E-state index contributed by atoms with van der Waals surface area (Å²) in [6.45, 7) is 0. The summed E-state index contributed by atoms with van der Waals surface area (Å²) in [5, 5.41) is 0.469. The van der Waals surface area contributed by atoms with Crippen molar-refractivity contribution in [3.8, 4) is 0 Å². The van der Waals surface area contributed by atoms with Crippen molar-refractivity contribution in [3.05, 3.63) is 29.3 Å². The molecule has 0 bridgehead atoms. The highest BCUT2D eigenvalue weighted by atomic mass is 35.5. The summed E-state index contributed by atoms with van der Waals surface area (Å²) in [5.41, 5.74) is 5.34. The third-order valence-electron chi connectivity index (χ3n) is 3.56. The van der Waals surface area contributed by atoms with Gasteiger partial charge in [0.2, 0.25) is 15.9 Å². The van der Waals surface area contributed by atoms with Crippen LogP contribution in [0.3, 0.4) is 0 Å². The smallest absolute Gasteiger partial charge is 0.240 e. The van der Waals surface area contributed by atoms with Crippen LogP contribution in [0.1, 0.15) is 25.7 Å². The first kappa shape index (κ1) is 15.3. The Balaban J connectivity index is 2.18. The first-order valence-electron chi connectivity index (χ1n) is 6.47. The molecule has 2 atom stereocenters. The van der Waals surface area contributed by atoms with Gasteiger partial charge in [-0.1, -0.05) is 24.4 Å². The van der Waals surface area contributed by atoms with Crippen molar-refractivity contribution in [3.63, 3.8) is 0 Å². The molecule has 0 radical (unpaired) electrons. The van der Waals surface area contributed by atoms with Crippen molar-refractivity contribution in [1.29, 1.82) is 0 Å². The molecule has 0 aromatic heterocycles. The van der Waals surface area contributed by atoms with Crippen LogP contribution in [0.2, 0.25) is 5.02 Å². The lowest BCUT2D eigenvalue weighted by Crippen LogP contribution is -2.46. The molecule has 7 heteroatoms. The van der Waals surface area contributed by atoms with Gasteiger partial charge in [-0.05, 0) is 37.1 Å². The number of carbonyl (C=O) groups is 1. The number of sulfonamides is 1. The van der Waals surface area contributed by atoms with E-state index in [4.69, 9.17) is 17.3 Å². The van der Waals surface area contributed by atoms with E-state index in [-0.39, 0.29) is 4.90 Å². The van der Waals surface area contributed by atoms with E-state index < -0.39 is 27.9 Å². The van der Waals surface area contributed by atoms with Crippen molar-refractivity contribution in [2.24, 2.45) is 11.7 Å². The van der Waals surface area contributed by atoms with Crippen LogP contribution in [-0.4, -0.2) is 20.4 Å². The molecule has 5 nitrogen and oxygen atoms in total. The Labute approximate surface area is 123 Å². The summed E-state index contributed by atoms with van der Waals surface area (Å²) in [4.78, 5) is 11.5. The number of nitrogens with one attached hydrogen (secondary N) is 1. The van der Waals surface area contributed by atoms with E-state index in [9.17, 15) is 13.2 Å². The number of hydrogen-bond donors (Lipinski definition) is 2. The van der Waals surface area contributed by atoms with E-state index in [2.05, 4.69) is 4.72 Å². The number of rotatable bonds is 4. The Morgan fingerprint density at radius 2 is 1.80 bits per heavy atom. The largest absolute Gasteiger partial charge is 0.369 e. The molecule has 0 saturated heterocycles. The second-order valence-corrected chi connectivity index (χ2v) is 7.13. The zero-order valence-electron chi connectivity index (χ0n) is 10.9. The summed E-state index contributed by atoms with van der Waals surface area (Å²) in [5.74, 6) is -0.890. The summed E-state index contributed by atoms with van der Waals surface area (Å²) in [7, 11) is -3.66. The maximum Gasteiger partial charge on any atom is 0.240 e. The maximum atomic E-state index is 12.3. The number of amides is 1. The molecule has 2 rings (SSSR count). The molecule has 2 unspecified atom stereocenters. The molecule has 0 aliphatic heterocycles. The van der Waals surface area contributed by atoms with Crippen molar-refractivity contribution < 1.29 is 13.2 Å². The molecule has 20 heavy (non-hydrogen) atoms. The standard InChI is InChI=1S/C13H17ClN2O3S/c14-9-5-7-10(8-6-9)20(18,19)16-12-4-2-1-3-11(12)13(15)17/h5-8,11-12,16H,1-4H2,(H2,15,17). The number of benzene rings is 1. The topological polar surface area (TPSA) is 89.3 Å². The Hall–Kier alpha value is -1.11. The molecule has 3 N–H and O–H groups in total. The normalized spacial score (nSPS) is 23.4. The quantitative estimate of drug-likeness (QED) is 0.885. The van der Waals surface area contributed by atoms with Crippen LogP contribution in [0.4, 0.5) is 0 Å². The van der Waals surface area contributed by atoms with Crippen molar-refractivity contribution in [2.75, 3.05) is 0 Å². The average Bonchev–Trinajstić information content (AvgIpc) is 2.39. The summed E-state index contributed by atoms with van der Waals surface area (Å²) < 4.78 is 27.1. The number of carbonyl (C=O) groups excluding carboxylic acids is 1. The second-order valence-electron chi connectivity index (χ2n) is 4.98. The molecule has 1 saturated carbocycles. The van der Waals surface area contributed by atoms with E-state index in [1.165, 1.54) is 24.3 Å². The van der Waals surface area contributed by atoms with Gasteiger partial charge in [-0.15, -0.1) is 0 Å². The zero-order valence-corrected chi connectivity index (χ0v) is 12.5. The number of halogens is 1. The van der Waals surface area contributed by atoms with Gasteiger partial charge >= 0.3 is 0 Å². The fourth-order valence-electron chi connectivity index (χ4n) is 2.49. The SMILES string of the molecule is NC(=O)C1CCCCC1NS(=O)(=O)c1ccc(Cl)cc1. The first-order chi connectivity index (χ1) is 9.40. The summed E-state index contributed by atoms with van der Waals surface area (Å²) >= 11 is 5.74. The van der Waals surface area contributed by atoms with Gasteiger partial charge in [-0.3, -0.25) is 4.79 Å². The van der Waals surface area contributed by atoms with Crippen molar-refractivity contribution >= 4 is 27.5 Å². The molecule has 1 fully saturated rings. The number of nitrogens with two attached hydrogens (primary N) is 1. The van der Waals surface area contributed by atoms with Crippen LogP contribution in [0, 0.1) is 5.92 Å². The lowest BCUT2D eigenvalue weighted by atomic mass is 9.85. The third kappa shape index (κ3) is 3.50. The second kappa shape index (κ2) is 6.11. The monoisotopic (exact) mass is 316 g/mol. The number of primary amides is 1. The highest BCUT2D eigenvalue weighted by Crippen LogP contribution is 2.26. The van der Waals surface area contributed by atoms with Crippen LogP contribution in [0.15, 0.2) is 29.2 Å². The highest BCUT2D eigenvalue weighted by Gasteiger charge is 2.32. The molecule has 1 aromatic carbocycles. The Morgan fingerprint density at radius 3 is 2.40 bits per heavy atom. The van der Waals surface area contributed by atoms with E-state index in [0.29, 0.717) is 17.9 Å². The van der Waals surface area contributed by atoms with Crippen LogP contribution in [-0.2, 0) is 14.8 Å². The zero-order chi connectivity index (χ0) is 14.8. The average molecular weight is 317 g/mol. The van der Waals surface area contributed by atoms with Gasteiger partial charge in [0.05, 0.1) is 10.8 Å². The van der Waals surface area contributed by atoms with Gasteiger partial charge in [0.25, 0.3) is 0 Å². The lowest BCUT2D eigenvalue weighted by Gasteiger charge is -2.29. The molecular formula is C13H17ClN2O3S. The summed E-state index contributed by atoms with van der Waals surface area (Å²) in [6, 6.07) is 5.48. The van der Waals surface area contributed by atoms with Crippen molar-refractivity contribution in [2.45, 2.75) is 36.6 Å². The molecule has 1 aliphatic carbocycles. The first-order valence-corrected chi connectivity index (χ1v) is 8.33. The fourth-order valence-corrected chi connectivity index (χ4v) is 3.93. The van der Waals surface area contributed by atoms with Crippen molar-refractivity contribution in [1.82, 2.24) is 4.72 Å². The molecule has 1 amide bonds. The Bertz CT molecular complexity index is 586. The van der Waals surface area contributed by atoms with Gasteiger partial charge in [-0.25, -0.2) is 13.1 Å². The maximum absolute atomic E-state index is 12.3. The van der Waals surface area contributed by atoms with Gasteiger partial charge in [0.15, 0.2) is 0 Å². The predicted octanol–water partition coefficient (Wildman–Crippen LogP) is 1.66. The van der Waals surface area contributed by atoms with Crippen LogP contribution in [0.25, 0.3) is 0 Å². The fraction of sp³-hybridized carbons (Fsp3) is 0.462. The highest BCUT2D eigenvalue weighted by molar-refractivity contribution is 7.89. The molecule has 110 valence electrons. The summed E-state index contributed by atoms with van der Waals surface area (Å²) in [6.07, 6.45) is 3.04. The minimum Gasteiger partial charge on any atom is -0.369 e. The Kier molecular flexibility index (Phi) is 4.67. The van der Waals surface area contributed by atoms with E-state index in [1.54, 1.807) is 0 Å². The molecule has 0 heterocycles. The van der Waals surface area contributed by atoms with Gasteiger partial charge < -0.3 is 5.73 Å². The van der Waals surface area contributed by atoms with Gasteiger partial charge in [0.1, 0.15) is 0 Å².